The van der Waals surface area contributed by atoms with Crippen molar-refractivity contribution < 1.29 is 28.7 Å². The zero-order chi connectivity index (χ0) is 23.7. The maximum Gasteiger partial charge on any atom is 0.228 e. The second-order valence-electron chi connectivity index (χ2n) is 7.93. The van der Waals surface area contributed by atoms with Gasteiger partial charge < -0.3 is 9.47 Å². The molecule has 2 aliphatic rings. The van der Waals surface area contributed by atoms with Gasteiger partial charge in [0.05, 0.1) is 13.2 Å². The summed E-state index contributed by atoms with van der Waals surface area (Å²) in [6.07, 6.45) is 0.0569. The minimum absolute atomic E-state index is 0.00148. The molecule has 1 atom stereocenters. The fraction of sp³-hybridized carbons (Fsp3) is 0.259. The topological polar surface area (TPSA) is 86.7 Å². The molecule has 168 valence electrons. The van der Waals surface area contributed by atoms with Gasteiger partial charge in [-0.1, -0.05) is 55.5 Å². The highest BCUT2D eigenvalue weighted by Gasteiger charge is 2.39. The van der Waals surface area contributed by atoms with E-state index in [4.69, 9.17) is 9.47 Å². The highest BCUT2D eigenvalue weighted by Crippen LogP contribution is 2.37. The molecule has 1 unspecified atom stereocenters. The Hall–Kier alpha value is -3.80. The largest absolute Gasteiger partial charge is 0.489 e. The van der Waals surface area contributed by atoms with Crippen LogP contribution in [0, 0.1) is 5.92 Å². The summed E-state index contributed by atoms with van der Waals surface area (Å²) in [6, 6.07) is 13.2. The number of Topliss-reactive ketones (excluding diaryl/α,β-unsaturated/α-hetero) is 4. The molecule has 0 aliphatic heterocycles. The van der Waals surface area contributed by atoms with Crippen LogP contribution in [0.1, 0.15) is 68.6 Å². The number of benzene rings is 2. The first kappa shape index (κ1) is 22.4. The average molecular weight is 444 g/mol. The summed E-state index contributed by atoms with van der Waals surface area (Å²) >= 11 is 0. The lowest BCUT2D eigenvalue weighted by Gasteiger charge is -2.27. The van der Waals surface area contributed by atoms with E-state index in [-0.39, 0.29) is 65.4 Å². The van der Waals surface area contributed by atoms with Crippen LogP contribution in [0.25, 0.3) is 0 Å². The molecule has 0 heterocycles. The Labute approximate surface area is 191 Å². The third-order valence-electron chi connectivity index (χ3n) is 5.86. The van der Waals surface area contributed by atoms with E-state index in [0.29, 0.717) is 22.3 Å². The average Bonchev–Trinajstić information content (AvgIpc) is 2.83. The summed E-state index contributed by atoms with van der Waals surface area (Å²) in [5.74, 6) is -1.90. The first-order chi connectivity index (χ1) is 15.9. The third kappa shape index (κ3) is 3.71. The van der Waals surface area contributed by atoms with Crippen molar-refractivity contribution in [1.82, 2.24) is 0 Å². The van der Waals surface area contributed by atoms with Gasteiger partial charge in [-0.05, 0) is 26.2 Å². The highest BCUT2D eigenvalue weighted by atomic mass is 16.5. The first-order valence-corrected chi connectivity index (χ1v) is 11.0. The third-order valence-corrected chi connectivity index (χ3v) is 5.86. The monoisotopic (exact) mass is 444 g/mol. The van der Waals surface area contributed by atoms with Crippen molar-refractivity contribution in [3.05, 3.63) is 93.4 Å². The Bertz CT molecular complexity index is 1250. The number of allylic oxidation sites excluding steroid dienone is 4. The van der Waals surface area contributed by atoms with Crippen molar-refractivity contribution in [1.29, 1.82) is 0 Å². The number of ether oxygens (including phenoxy) is 2. The van der Waals surface area contributed by atoms with E-state index < -0.39 is 5.92 Å². The summed E-state index contributed by atoms with van der Waals surface area (Å²) in [7, 11) is 0. The van der Waals surface area contributed by atoms with Crippen molar-refractivity contribution in [2.45, 2.75) is 27.2 Å². The van der Waals surface area contributed by atoms with Gasteiger partial charge in [0.15, 0.2) is 23.1 Å². The second-order valence-corrected chi connectivity index (χ2v) is 7.93. The van der Waals surface area contributed by atoms with Gasteiger partial charge in [0.1, 0.15) is 0 Å². The lowest BCUT2D eigenvalue weighted by Crippen LogP contribution is -2.29. The van der Waals surface area contributed by atoms with Crippen molar-refractivity contribution in [3.8, 4) is 0 Å². The van der Waals surface area contributed by atoms with Crippen molar-refractivity contribution in [2.24, 2.45) is 5.92 Å². The standard InChI is InChI=1S/C27H24O6/c1-4-32-26-20(22(28)16-10-6-8-12-18(16)24(26)30)14-15(3)21-23(29)17-11-7-9-13-19(17)25(31)27(21)33-5-2/h6-13,15H,4-5,14H2,1-3H3. The quantitative estimate of drug-likeness (QED) is 0.612. The molecule has 0 amide bonds. The number of hydrogen-bond acceptors (Lipinski definition) is 6. The summed E-state index contributed by atoms with van der Waals surface area (Å²) in [5.41, 5.74) is 1.63. The van der Waals surface area contributed by atoms with E-state index >= 15 is 0 Å². The van der Waals surface area contributed by atoms with Gasteiger partial charge in [0.25, 0.3) is 0 Å². The molecule has 6 heteroatoms. The van der Waals surface area contributed by atoms with Crippen LogP contribution in [0.5, 0.6) is 0 Å². The molecule has 0 saturated heterocycles. The van der Waals surface area contributed by atoms with Crippen LogP contribution in [-0.2, 0) is 9.47 Å². The number of carbonyl (C=O) groups excluding carboxylic acids is 4. The lowest BCUT2D eigenvalue weighted by molar-refractivity contribution is 0.0861. The molecule has 2 aliphatic carbocycles. The summed E-state index contributed by atoms with van der Waals surface area (Å²) in [6.45, 7) is 5.66. The Morgan fingerprint density at radius 2 is 1.06 bits per heavy atom. The maximum atomic E-state index is 13.4. The molecule has 33 heavy (non-hydrogen) atoms. The van der Waals surface area contributed by atoms with E-state index in [1.54, 1.807) is 69.3 Å². The van der Waals surface area contributed by atoms with Crippen LogP contribution in [-0.4, -0.2) is 36.3 Å². The Morgan fingerprint density at radius 1 is 0.636 bits per heavy atom. The smallest absolute Gasteiger partial charge is 0.228 e. The molecule has 0 spiro atoms. The van der Waals surface area contributed by atoms with Crippen molar-refractivity contribution >= 4 is 23.1 Å². The number of hydrogen-bond donors (Lipinski definition) is 0. The highest BCUT2D eigenvalue weighted by molar-refractivity contribution is 6.27. The van der Waals surface area contributed by atoms with E-state index in [1.165, 1.54) is 0 Å². The lowest BCUT2D eigenvalue weighted by atomic mass is 9.78. The van der Waals surface area contributed by atoms with Gasteiger partial charge in [-0.25, -0.2) is 0 Å². The summed E-state index contributed by atoms with van der Waals surface area (Å²) in [4.78, 5) is 52.9. The molecule has 2 aromatic carbocycles. The van der Waals surface area contributed by atoms with Crippen LogP contribution < -0.4 is 0 Å². The summed E-state index contributed by atoms with van der Waals surface area (Å²) in [5, 5.41) is 0. The van der Waals surface area contributed by atoms with E-state index in [2.05, 4.69) is 0 Å². The predicted octanol–water partition coefficient (Wildman–Crippen LogP) is 4.75. The molecular weight excluding hydrogens is 420 g/mol. The van der Waals surface area contributed by atoms with Gasteiger partial charge in [-0.3, -0.25) is 19.2 Å². The molecule has 6 nitrogen and oxygen atoms in total. The zero-order valence-electron chi connectivity index (χ0n) is 18.8. The van der Waals surface area contributed by atoms with Crippen LogP contribution >= 0.6 is 0 Å². The molecule has 0 saturated carbocycles. The summed E-state index contributed by atoms with van der Waals surface area (Å²) < 4.78 is 11.2. The molecule has 0 bridgehead atoms. The fourth-order valence-corrected chi connectivity index (χ4v) is 4.40. The van der Waals surface area contributed by atoms with Crippen molar-refractivity contribution in [3.63, 3.8) is 0 Å². The van der Waals surface area contributed by atoms with Gasteiger partial charge in [0, 0.05) is 33.4 Å². The van der Waals surface area contributed by atoms with E-state index in [0.717, 1.165) is 0 Å². The van der Waals surface area contributed by atoms with Crippen molar-refractivity contribution in [2.75, 3.05) is 13.2 Å². The number of ketones is 4. The minimum atomic E-state index is -0.566. The first-order valence-electron chi connectivity index (χ1n) is 11.0. The fourth-order valence-electron chi connectivity index (χ4n) is 4.40. The molecule has 4 rings (SSSR count). The Balaban J connectivity index is 1.79. The maximum absolute atomic E-state index is 13.4. The number of fused-ring (bicyclic) bond motifs is 2. The molecule has 0 radical (unpaired) electrons. The molecular formula is C27H24O6. The SMILES string of the molecule is CCOC1=C(CC(C)C2=C(OCC)C(=O)c3ccccc3C2=O)C(=O)c2ccccc2C1=O. The van der Waals surface area contributed by atoms with Gasteiger partial charge >= 0.3 is 0 Å². The Morgan fingerprint density at radius 3 is 1.58 bits per heavy atom. The number of rotatable bonds is 7. The van der Waals surface area contributed by atoms with Gasteiger partial charge in [-0.15, -0.1) is 0 Å². The van der Waals surface area contributed by atoms with E-state index in [9.17, 15) is 19.2 Å². The molecule has 0 fully saturated rings. The van der Waals surface area contributed by atoms with E-state index in [1.807, 2.05) is 0 Å². The molecule has 0 N–H and O–H groups in total. The van der Waals surface area contributed by atoms with Crippen LogP contribution in [0.15, 0.2) is 71.2 Å². The molecule has 2 aromatic rings. The zero-order valence-corrected chi connectivity index (χ0v) is 18.8. The van der Waals surface area contributed by atoms with Crippen LogP contribution in [0.4, 0.5) is 0 Å². The minimum Gasteiger partial charge on any atom is -0.489 e. The van der Waals surface area contributed by atoms with Gasteiger partial charge in [0.2, 0.25) is 11.6 Å². The second kappa shape index (κ2) is 8.98. The predicted molar refractivity (Wildman–Crippen MR) is 121 cm³/mol. The normalized spacial score (nSPS) is 16.6. The van der Waals surface area contributed by atoms with Crippen LogP contribution in [0.2, 0.25) is 0 Å². The Kier molecular flexibility index (Phi) is 6.09. The van der Waals surface area contributed by atoms with Crippen LogP contribution in [0.3, 0.4) is 0 Å². The molecule has 0 aromatic heterocycles. The number of carbonyl (C=O) groups is 4. The van der Waals surface area contributed by atoms with Gasteiger partial charge in [-0.2, -0.15) is 0 Å².